The molecule has 0 bridgehead atoms. The normalized spacial score (nSPS) is 15.9. The fourth-order valence-corrected chi connectivity index (χ4v) is 3.11. The van der Waals surface area contributed by atoms with Crippen LogP contribution in [-0.4, -0.2) is 26.0 Å². The first-order valence-corrected chi connectivity index (χ1v) is 7.74. The highest BCUT2D eigenvalue weighted by molar-refractivity contribution is 6.01. The van der Waals surface area contributed by atoms with E-state index in [4.69, 9.17) is 0 Å². The molecule has 0 atom stereocenters. The van der Waals surface area contributed by atoms with Gasteiger partial charge in [-0.15, -0.1) is 0 Å². The predicted molar refractivity (Wildman–Crippen MR) is 93.4 cm³/mol. The topological polar surface area (TPSA) is 36.4 Å². The Labute approximate surface area is 130 Å². The average molecular weight is 289 g/mol. The molecule has 1 aliphatic carbocycles. The molecule has 4 rings (SSSR count). The summed E-state index contributed by atoms with van der Waals surface area (Å²) in [5.41, 5.74) is 7.74. The van der Waals surface area contributed by atoms with Crippen LogP contribution in [0.2, 0.25) is 0 Å². The zero-order valence-corrected chi connectivity index (χ0v) is 12.7. The molecule has 3 nitrogen and oxygen atoms in total. The Morgan fingerprint density at radius 3 is 2.59 bits per heavy atom. The Morgan fingerprint density at radius 1 is 1.05 bits per heavy atom. The lowest BCUT2D eigenvalue weighted by Crippen LogP contribution is -2.19. The van der Waals surface area contributed by atoms with Crippen LogP contribution in [0.5, 0.6) is 0 Å². The minimum absolute atomic E-state index is 0.880. The van der Waals surface area contributed by atoms with Crippen LogP contribution in [0.25, 0.3) is 11.6 Å². The van der Waals surface area contributed by atoms with E-state index in [-0.39, 0.29) is 0 Å². The Kier molecular flexibility index (Phi) is 3.19. The quantitative estimate of drug-likeness (QED) is 0.910. The summed E-state index contributed by atoms with van der Waals surface area (Å²) in [6, 6.07) is 15.3. The zero-order chi connectivity index (χ0) is 14.9. The van der Waals surface area contributed by atoms with Crippen LogP contribution >= 0.6 is 0 Å². The van der Waals surface area contributed by atoms with E-state index in [2.05, 4.69) is 64.2 Å². The maximum absolute atomic E-state index is 4.51. The van der Waals surface area contributed by atoms with Gasteiger partial charge < -0.3 is 10.6 Å². The molecule has 2 aromatic carbocycles. The summed E-state index contributed by atoms with van der Waals surface area (Å²) in [6.07, 6.45) is 3.32. The number of fused-ring (bicyclic) bond motifs is 1. The predicted octanol–water partition coefficient (Wildman–Crippen LogP) is 3.17. The fraction of sp³-hybridized carbons (Fsp3) is 0.211. The summed E-state index contributed by atoms with van der Waals surface area (Å²) in [5, 5.41) is 6.50. The van der Waals surface area contributed by atoms with Crippen LogP contribution in [0, 0.1) is 0 Å². The number of hydrogen-bond acceptors (Lipinski definition) is 3. The van der Waals surface area contributed by atoms with Crippen molar-refractivity contribution in [3.05, 3.63) is 64.7 Å². The van der Waals surface area contributed by atoms with Crippen LogP contribution in [-0.2, 0) is 6.42 Å². The summed E-state index contributed by atoms with van der Waals surface area (Å²) in [5.74, 6) is 1.03. The van der Waals surface area contributed by atoms with E-state index in [1.54, 1.807) is 0 Å². The van der Waals surface area contributed by atoms with Gasteiger partial charge in [0, 0.05) is 24.8 Å². The molecule has 2 aliphatic rings. The first-order valence-electron chi connectivity index (χ1n) is 7.74. The summed E-state index contributed by atoms with van der Waals surface area (Å²) in [6.45, 7) is 1.83. The van der Waals surface area contributed by atoms with Gasteiger partial charge in [-0.05, 0) is 46.9 Å². The molecule has 3 heteroatoms. The molecule has 0 amide bonds. The number of hydrogen-bond donors (Lipinski definition) is 2. The Hall–Kier alpha value is -2.55. The van der Waals surface area contributed by atoms with Crippen molar-refractivity contribution in [2.75, 3.05) is 25.5 Å². The second-order valence-electron chi connectivity index (χ2n) is 5.74. The van der Waals surface area contributed by atoms with Crippen LogP contribution in [0.15, 0.2) is 47.5 Å². The summed E-state index contributed by atoms with van der Waals surface area (Å²) in [7, 11) is 1.95. The third-order valence-electron chi connectivity index (χ3n) is 4.35. The van der Waals surface area contributed by atoms with Crippen LogP contribution in [0.3, 0.4) is 0 Å². The summed E-state index contributed by atoms with van der Waals surface area (Å²) in [4.78, 5) is 4.51. The number of nitrogens with zero attached hydrogens (tertiary/aromatic N) is 1. The van der Waals surface area contributed by atoms with Crippen molar-refractivity contribution in [2.24, 2.45) is 4.99 Å². The van der Waals surface area contributed by atoms with Crippen molar-refractivity contribution in [3.8, 4) is 0 Å². The molecule has 0 unspecified atom stereocenters. The van der Waals surface area contributed by atoms with Crippen LogP contribution < -0.4 is 10.6 Å². The highest BCUT2D eigenvalue weighted by atomic mass is 15.1. The van der Waals surface area contributed by atoms with E-state index in [1.807, 2.05) is 7.05 Å². The molecule has 22 heavy (non-hydrogen) atoms. The van der Waals surface area contributed by atoms with Crippen LogP contribution in [0.4, 0.5) is 5.69 Å². The molecule has 110 valence electrons. The number of amidine groups is 1. The smallest absolute Gasteiger partial charge is 0.128 e. The molecule has 2 aromatic rings. The number of allylic oxidation sites excluding steroid dienone is 1. The van der Waals surface area contributed by atoms with Gasteiger partial charge in [-0.3, -0.25) is 4.99 Å². The molecule has 0 radical (unpaired) electrons. The lowest BCUT2D eigenvalue weighted by molar-refractivity contribution is 0.960. The molecule has 2 N–H and O–H groups in total. The molecule has 1 aliphatic heterocycles. The molecule has 0 aromatic heterocycles. The third kappa shape index (κ3) is 2.29. The van der Waals surface area contributed by atoms with Crippen molar-refractivity contribution < 1.29 is 0 Å². The SMILES string of the molecule is CNc1ccc(C2=Cc3cc(C4=NCCN4)ccc3C2)cc1. The highest BCUT2D eigenvalue weighted by Crippen LogP contribution is 2.32. The van der Waals surface area contributed by atoms with Gasteiger partial charge in [-0.2, -0.15) is 0 Å². The van der Waals surface area contributed by atoms with E-state index >= 15 is 0 Å². The van der Waals surface area contributed by atoms with E-state index in [1.165, 1.54) is 27.8 Å². The first-order chi connectivity index (χ1) is 10.8. The third-order valence-corrected chi connectivity index (χ3v) is 4.35. The Balaban J connectivity index is 1.64. The molecule has 0 saturated heterocycles. The lowest BCUT2D eigenvalue weighted by atomic mass is 10.0. The van der Waals surface area contributed by atoms with Gasteiger partial charge in [0.1, 0.15) is 5.84 Å². The number of anilines is 1. The number of rotatable bonds is 3. The first kappa shape index (κ1) is 13.1. The van der Waals surface area contributed by atoms with E-state index in [9.17, 15) is 0 Å². The maximum atomic E-state index is 4.51. The van der Waals surface area contributed by atoms with Crippen molar-refractivity contribution in [2.45, 2.75) is 6.42 Å². The maximum Gasteiger partial charge on any atom is 0.128 e. The summed E-state index contributed by atoms with van der Waals surface area (Å²) >= 11 is 0. The van der Waals surface area contributed by atoms with Gasteiger partial charge in [0.15, 0.2) is 0 Å². The molecular weight excluding hydrogens is 270 g/mol. The van der Waals surface area contributed by atoms with Crippen molar-refractivity contribution in [1.29, 1.82) is 0 Å². The van der Waals surface area contributed by atoms with Gasteiger partial charge in [0.25, 0.3) is 0 Å². The molecular formula is C19H19N3. The van der Waals surface area contributed by atoms with E-state index in [0.717, 1.165) is 31.0 Å². The minimum Gasteiger partial charge on any atom is -0.388 e. The van der Waals surface area contributed by atoms with Crippen molar-refractivity contribution in [3.63, 3.8) is 0 Å². The molecule has 0 fully saturated rings. The average Bonchev–Trinajstić information content (AvgIpc) is 3.23. The van der Waals surface area contributed by atoms with Crippen molar-refractivity contribution in [1.82, 2.24) is 5.32 Å². The van der Waals surface area contributed by atoms with E-state index < -0.39 is 0 Å². The van der Waals surface area contributed by atoms with E-state index in [0.29, 0.717) is 0 Å². The van der Waals surface area contributed by atoms with Gasteiger partial charge >= 0.3 is 0 Å². The lowest BCUT2D eigenvalue weighted by Gasteiger charge is -2.05. The van der Waals surface area contributed by atoms with Gasteiger partial charge in [-0.25, -0.2) is 0 Å². The fourth-order valence-electron chi connectivity index (χ4n) is 3.11. The number of aliphatic imine (C=N–C) groups is 1. The second-order valence-corrected chi connectivity index (χ2v) is 5.74. The highest BCUT2D eigenvalue weighted by Gasteiger charge is 2.16. The number of benzene rings is 2. The molecule has 0 saturated carbocycles. The van der Waals surface area contributed by atoms with Crippen molar-refractivity contribution >= 4 is 23.2 Å². The van der Waals surface area contributed by atoms with Gasteiger partial charge in [0.2, 0.25) is 0 Å². The Bertz CT molecular complexity index is 770. The van der Waals surface area contributed by atoms with Gasteiger partial charge in [0.05, 0.1) is 6.54 Å². The largest absolute Gasteiger partial charge is 0.388 e. The van der Waals surface area contributed by atoms with Crippen LogP contribution in [0.1, 0.15) is 22.3 Å². The summed E-state index contributed by atoms with van der Waals surface area (Å²) < 4.78 is 0. The standard InChI is InChI=1S/C19H19N3/c1-20-18-6-4-13(5-7-18)16-10-14-2-3-15(11-17(14)12-16)19-21-8-9-22-19/h2-7,11-12,20H,8-10H2,1H3,(H,21,22). The second kappa shape index (κ2) is 5.34. The van der Waals surface area contributed by atoms with Gasteiger partial charge in [-0.1, -0.05) is 30.3 Å². The minimum atomic E-state index is 0.880. The zero-order valence-electron chi connectivity index (χ0n) is 12.7. The monoisotopic (exact) mass is 289 g/mol. The Morgan fingerprint density at radius 2 is 1.86 bits per heavy atom. The molecule has 1 heterocycles. The molecule has 0 spiro atoms. The number of nitrogens with one attached hydrogen (secondary N) is 2.